The molecule has 8 heteroatoms. The Bertz CT molecular complexity index is 1210. The van der Waals surface area contributed by atoms with Crippen molar-refractivity contribution in [2.24, 2.45) is 0 Å². The summed E-state index contributed by atoms with van der Waals surface area (Å²) >= 11 is 18.0. The molecule has 4 rings (SSSR count). The van der Waals surface area contributed by atoms with Crippen LogP contribution in [0.2, 0.25) is 15.1 Å². The number of benzene rings is 2. The molecule has 134 valence electrons. The zero-order valence-corrected chi connectivity index (χ0v) is 15.9. The van der Waals surface area contributed by atoms with Crippen LogP contribution in [0.5, 0.6) is 0 Å². The Hall–Kier alpha value is -2.60. The van der Waals surface area contributed by atoms with Gasteiger partial charge in [-0.2, -0.15) is 4.98 Å². The maximum Gasteiger partial charge on any atom is 0.262 e. The largest absolute Gasteiger partial charge is 0.324 e. The van der Waals surface area contributed by atoms with Crippen LogP contribution < -0.4 is 10.9 Å². The van der Waals surface area contributed by atoms with Crippen molar-refractivity contribution in [2.75, 3.05) is 5.32 Å². The Kier molecular flexibility index (Phi) is 4.74. The number of hydrogen-bond donors (Lipinski definition) is 2. The molecular formula is C19H11Cl3N4O. The predicted octanol–water partition coefficient (Wildman–Crippen LogP) is 5.69. The molecule has 2 aromatic carbocycles. The second kappa shape index (κ2) is 7.19. The van der Waals surface area contributed by atoms with Crippen LogP contribution in [0, 0.1) is 0 Å². The Balaban J connectivity index is 1.81. The van der Waals surface area contributed by atoms with E-state index in [9.17, 15) is 4.79 Å². The van der Waals surface area contributed by atoms with E-state index in [-0.39, 0.29) is 11.5 Å². The summed E-state index contributed by atoms with van der Waals surface area (Å²) in [5.41, 5.74) is 2.14. The van der Waals surface area contributed by atoms with Crippen LogP contribution in [0.25, 0.3) is 22.2 Å². The Labute approximate surface area is 169 Å². The second-order valence-electron chi connectivity index (χ2n) is 5.73. The van der Waals surface area contributed by atoms with Gasteiger partial charge in [0, 0.05) is 16.2 Å². The van der Waals surface area contributed by atoms with Gasteiger partial charge in [0.05, 0.1) is 16.1 Å². The van der Waals surface area contributed by atoms with E-state index < -0.39 is 0 Å². The fourth-order valence-electron chi connectivity index (χ4n) is 2.71. The smallest absolute Gasteiger partial charge is 0.262 e. The van der Waals surface area contributed by atoms with Crippen molar-refractivity contribution >= 4 is 57.5 Å². The van der Waals surface area contributed by atoms with Crippen LogP contribution in [0.1, 0.15) is 0 Å². The van der Waals surface area contributed by atoms with Gasteiger partial charge in [0.1, 0.15) is 0 Å². The highest BCUT2D eigenvalue weighted by Gasteiger charge is 2.12. The number of H-pyrrole nitrogens is 1. The highest BCUT2D eigenvalue weighted by molar-refractivity contribution is 6.36. The van der Waals surface area contributed by atoms with Gasteiger partial charge in [-0.1, -0.05) is 46.9 Å². The zero-order chi connectivity index (χ0) is 19.0. The van der Waals surface area contributed by atoms with Gasteiger partial charge in [-0.25, -0.2) is 4.98 Å². The Morgan fingerprint density at radius 2 is 1.67 bits per heavy atom. The SMILES string of the molecule is O=c1[nH]c(Nc2ccc(Cl)cc2Cl)nc2nccc(-c3ccc(Cl)cc3)c12. The summed E-state index contributed by atoms with van der Waals surface area (Å²) in [6, 6.07) is 14.0. The molecule has 0 saturated heterocycles. The van der Waals surface area contributed by atoms with Crippen LogP contribution >= 0.6 is 34.8 Å². The first-order valence-electron chi connectivity index (χ1n) is 7.88. The second-order valence-corrected chi connectivity index (χ2v) is 7.01. The first-order valence-corrected chi connectivity index (χ1v) is 9.02. The molecule has 0 aliphatic carbocycles. The maximum absolute atomic E-state index is 12.7. The van der Waals surface area contributed by atoms with Crippen molar-refractivity contribution in [3.63, 3.8) is 0 Å². The molecule has 0 amide bonds. The first-order chi connectivity index (χ1) is 13.0. The van der Waals surface area contributed by atoms with E-state index in [1.165, 1.54) is 0 Å². The van der Waals surface area contributed by atoms with Crippen molar-refractivity contribution in [2.45, 2.75) is 0 Å². The van der Waals surface area contributed by atoms with Crippen LogP contribution in [-0.2, 0) is 0 Å². The summed E-state index contributed by atoms with van der Waals surface area (Å²) in [5, 5.41) is 4.93. The molecular weight excluding hydrogens is 407 g/mol. The normalized spacial score (nSPS) is 10.9. The van der Waals surface area contributed by atoms with E-state index in [0.717, 1.165) is 11.1 Å². The van der Waals surface area contributed by atoms with Crippen molar-refractivity contribution in [1.29, 1.82) is 0 Å². The summed E-state index contributed by atoms with van der Waals surface area (Å²) in [6.07, 6.45) is 1.61. The fraction of sp³-hybridized carbons (Fsp3) is 0. The minimum absolute atomic E-state index is 0.234. The number of fused-ring (bicyclic) bond motifs is 1. The van der Waals surface area contributed by atoms with Gasteiger partial charge >= 0.3 is 0 Å². The molecule has 0 atom stereocenters. The average molecular weight is 418 g/mol. The standard InChI is InChI=1S/C19H11Cl3N4O/c20-11-3-1-10(2-4-11)13-7-8-23-17-16(13)18(27)26-19(25-17)24-15-6-5-12(21)9-14(15)22/h1-9H,(H2,23,24,25,26,27). The highest BCUT2D eigenvalue weighted by atomic mass is 35.5. The molecule has 0 aliphatic rings. The maximum atomic E-state index is 12.7. The number of aromatic amines is 1. The molecule has 0 fully saturated rings. The third-order valence-corrected chi connectivity index (χ3v) is 4.75. The van der Waals surface area contributed by atoms with E-state index in [0.29, 0.717) is 31.8 Å². The molecule has 0 unspecified atom stereocenters. The van der Waals surface area contributed by atoms with Gasteiger partial charge in [0.2, 0.25) is 5.95 Å². The lowest BCUT2D eigenvalue weighted by Gasteiger charge is -2.10. The molecule has 2 N–H and O–H groups in total. The van der Waals surface area contributed by atoms with Gasteiger partial charge in [-0.05, 0) is 47.5 Å². The van der Waals surface area contributed by atoms with Crippen LogP contribution in [0.15, 0.2) is 59.5 Å². The van der Waals surface area contributed by atoms with E-state index in [4.69, 9.17) is 34.8 Å². The lowest BCUT2D eigenvalue weighted by atomic mass is 10.0. The number of nitrogens with zero attached hydrogens (tertiary/aromatic N) is 2. The Morgan fingerprint density at radius 3 is 2.41 bits per heavy atom. The van der Waals surface area contributed by atoms with Crippen molar-refractivity contribution in [1.82, 2.24) is 15.0 Å². The summed E-state index contributed by atoms with van der Waals surface area (Å²) in [6.45, 7) is 0. The highest BCUT2D eigenvalue weighted by Crippen LogP contribution is 2.29. The number of halogens is 3. The molecule has 2 aromatic heterocycles. The van der Waals surface area contributed by atoms with Gasteiger partial charge in [0.15, 0.2) is 5.65 Å². The van der Waals surface area contributed by atoms with E-state index in [1.54, 1.807) is 42.6 Å². The summed E-state index contributed by atoms with van der Waals surface area (Å²) in [4.78, 5) is 24.1. The molecule has 4 aromatic rings. The van der Waals surface area contributed by atoms with Crippen molar-refractivity contribution < 1.29 is 0 Å². The number of hydrogen-bond acceptors (Lipinski definition) is 4. The monoisotopic (exact) mass is 416 g/mol. The molecule has 0 radical (unpaired) electrons. The van der Waals surface area contributed by atoms with Crippen LogP contribution in [0.3, 0.4) is 0 Å². The van der Waals surface area contributed by atoms with E-state index in [1.807, 2.05) is 12.1 Å². The minimum atomic E-state index is -0.314. The van der Waals surface area contributed by atoms with Crippen molar-refractivity contribution in [3.05, 3.63) is 80.1 Å². The molecule has 5 nitrogen and oxygen atoms in total. The van der Waals surface area contributed by atoms with Gasteiger partial charge < -0.3 is 5.32 Å². The van der Waals surface area contributed by atoms with Crippen LogP contribution in [0.4, 0.5) is 11.6 Å². The number of aromatic nitrogens is 3. The number of pyridine rings is 1. The minimum Gasteiger partial charge on any atom is -0.324 e. The Morgan fingerprint density at radius 1 is 0.926 bits per heavy atom. The molecule has 0 aliphatic heterocycles. The summed E-state index contributed by atoms with van der Waals surface area (Å²) in [7, 11) is 0. The molecule has 0 bridgehead atoms. The predicted molar refractivity (Wildman–Crippen MR) is 110 cm³/mol. The van der Waals surface area contributed by atoms with Crippen molar-refractivity contribution in [3.8, 4) is 11.1 Å². The molecule has 0 spiro atoms. The lowest BCUT2D eigenvalue weighted by Crippen LogP contribution is -2.13. The third kappa shape index (κ3) is 3.62. The van der Waals surface area contributed by atoms with Gasteiger partial charge in [-0.3, -0.25) is 9.78 Å². The zero-order valence-electron chi connectivity index (χ0n) is 13.6. The van der Waals surface area contributed by atoms with E-state index >= 15 is 0 Å². The number of nitrogens with one attached hydrogen (secondary N) is 2. The topological polar surface area (TPSA) is 70.7 Å². The third-order valence-electron chi connectivity index (χ3n) is 3.95. The van der Waals surface area contributed by atoms with Crippen LogP contribution in [-0.4, -0.2) is 15.0 Å². The molecule has 0 saturated carbocycles. The fourth-order valence-corrected chi connectivity index (χ4v) is 3.29. The number of rotatable bonds is 3. The van der Waals surface area contributed by atoms with E-state index in [2.05, 4.69) is 20.3 Å². The first kappa shape index (κ1) is 17.8. The quantitative estimate of drug-likeness (QED) is 0.449. The summed E-state index contributed by atoms with van der Waals surface area (Å²) < 4.78 is 0. The van der Waals surface area contributed by atoms with Gasteiger partial charge in [-0.15, -0.1) is 0 Å². The molecule has 2 heterocycles. The number of anilines is 2. The lowest BCUT2D eigenvalue weighted by molar-refractivity contribution is 1.14. The average Bonchev–Trinajstić information content (AvgIpc) is 2.64. The van der Waals surface area contributed by atoms with Gasteiger partial charge in [0.25, 0.3) is 5.56 Å². The summed E-state index contributed by atoms with van der Waals surface area (Å²) in [5.74, 6) is 0.234. The molecule has 27 heavy (non-hydrogen) atoms.